The SMILES string of the molecule is CCCCCCCCN(C)P(=O)(OCCSC(=O)C(C)(C)COC(c1ccccc1)(c1ccccc1)c1ccccc1)OC[C@H]1O[C@@H](n2ccc(NC(c3ccccc3)(c3ccc(OC)cc3)c3ccc(OC)cc3)nc2=O)[C@@]2(C)OC(C)(C)OC12. The Balaban J connectivity index is 0.928. The van der Waals surface area contributed by atoms with Crippen molar-refractivity contribution in [2.24, 2.45) is 5.41 Å². The average molecular weight is 1210 g/mol. The lowest BCUT2D eigenvalue weighted by molar-refractivity contribution is -0.218. The van der Waals surface area contributed by atoms with E-state index in [0.29, 0.717) is 23.9 Å². The fraction of sp³-hybridized carbons (Fsp3) is 0.406. The van der Waals surface area contributed by atoms with Crippen LogP contribution in [0, 0.1) is 5.41 Å². The fourth-order valence-electron chi connectivity index (χ4n) is 11.7. The Bertz CT molecular complexity index is 3250. The first kappa shape index (κ1) is 64.1. The molecule has 456 valence electrons. The number of carbonyl (C=O) groups is 1. The van der Waals surface area contributed by atoms with E-state index in [1.807, 2.05) is 168 Å². The van der Waals surface area contributed by atoms with Crippen LogP contribution in [0.5, 0.6) is 11.5 Å². The first-order valence-corrected chi connectivity index (χ1v) is 32.2. The molecule has 2 saturated heterocycles. The molecular weight excluding hydrogens is 1120 g/mol. The highest BCUT2D eigenvalue weighted by molar-refractivity contribution is 8.13. The Morgan fingerprint density at radius 2 is 1.20 bits per heavy atom. The number of nitrogens with one attached hydrogen (secondary N) is 1. The van der Waals surface area contributed by atoms with Gasteiger partial charge in [-0.05, 0) is 112 Å². The van der Waals surface area contributed by atoms with Crippen molar-refractivity contribution in [1.82, 2.24) is 14.2 Å². The molecule has 0 bridgehead atoms. The van der Waals surface area contributed by atoms with Gasteiger partial charge >= 0.3 is 13.4 Å². The number of unbranched alkanes of at least 4 members (excludes halogenated alkanes) is 5. The number of hydrogen-bond donors (Lipinski definition) is 1. The first-order chi connectivity index (χ1) is 41.4. The lowest BCUT2D eigenvalue weighted by atomic mass is 9.77. The molecule has 9 rings (SSSR count). The van der Waals surface area contributed by atoms with Crippen molar-refractivity contribution in [1.29, 1.82) is 0 Å². The van der Waals surface area contributed by atoms with E-state index in [1.54, 1.807) is 38.2 Å². The number of rotatable bonds is 30. The van der Waals surface area contributed by atoms with Gasteiger partial charge in [0, 0.05) is 18.5 Å². The minimum atomic E-state index is -4.06. The van der Waals surface area contributed by atoms with Crippen LogP contribution in [-0.2, 0) is 48.5 Å². The quantitative estimate of drug-likeness (QED) is 0.0257. The molecule has 1 N–H and O–H groups in total. The van der Waals surface area contributed by atoms with Crippen molar-refractivity contribution in [3.8, 4) is 11.5 Å². The second-order valence-corrected chi connectivity index (χ2v) is 26.5. The van der Waals surface area contributed by atoms with Crippen molar-refractivity contribution in [2.75, 3.05) is 58.7 Å². The number of nitrogens with zero attached hydrogens (tertiary/aromatic N) is 3. The number of hydrogen-bond acceptors (Lipinski definition) is 14. The summed E-state index contributed by atoms with van der Waals surface area (Å²) >= 11 is 1.11. The molecule has 7 aromatic rings. The number of aromatic nitrogens is 2. The average Bonchev–Trinajstić information content (AvgIpc) is 3.03. The zero-order valence-electron chi connectivity index (χ0n) is 51.0. The van der Waals surface area contributed by atoms with Crippen LogP contribution < -0.4 is 20.5 Å². The van der Waals surface area contributed by atoms with E-state index in [4.69, 9.17) is 37.5 Å². The molecule has 0 aliphatic carbocycles. The third-order valence-corrected chi connectivity index (χ3v) is 19.4. The summed E-state index contributed by atoms with van der Waals surface area (Å²) in [6.45, 7) is 11.7. The van der Waals surface area contributed by atoms with E-state index < -0.39 is 59.8 Å². The minimum absolute atomic E-state index is 0.0562. The topological polar surface area (TPSA) is 158 Å². The van der Waals surface area contributed by atoms with Gasteiger partial charge in [-0.15, -0.1) is 0 Å². The predicted octanol–water partition coefficient (Wildman–Crippen LogP) is 14.2. The predicted molar refractivity (Wildman–Crippen MR) is 339 cm³/mol. The van der Waals surface area contributed by atoms with Gasteiger partial charge in [0.1, 0.15) is 46.3 Å². The van der Waals surface area contributed by atoms with Gasteiger partial charge in [-0.2, -0.15) is 4.98 Å². The molecule has 86 heavy (non-hydrogen) atoms. The van der Waals surface area contributed by atoms with Gasteiger partial charge in [0.05, 0.1) is 39.5 Å². The number of carbonyl (C=O) groups excluding carboxylic acids is 1. The largest absolute Gasteiger partial charge is 0.497 e. The Kier molecular flexibility index (Phi) is 21.0. The van der Waals surface area contributed by atoms with Crippen LogP contribution in [0.2, 0.25) is 0 Å². The Labute approximate surface area is 511 Å². The number of thioether (sulfide) groups is 1. The molecule has 17 heteroatoms. The van der Waals surface area contributed by atoms with Gasteiger partial charge in [0.2, 0.25) is 0 Å². The summed E-state index contributed by atoms with van der Waals surface area (Å²) < 4.78 is 69.3. The summed E-state index contributed by atoms with van der Waals surface area (Å²) in [5.41, 5.74) is 0.581. The molecule has 0 amide bonds. The van der Waals surface area contributed by atoms with E-state index in [1.165, 1.54) is 4.57 Å². The molecule has 0 radical (unpaired) electrons. The maximum Gasteiger partial charge on any atom is 0.408 e. The van der Waals surface area contributed by atoms with Crippen LogP contribution in [-0.4, -0.2) is 96.3 Å². The lowest BCUT2D eigenvalue weighted by Gasteiger charge is -2.38. The van der Waals surface area contributed by atoms with Gasteiger partial charge in [-0.3, -0.25) is 18.4 Å². The van der Waals surface area contributed by atoms with E-state index >= 15 is 4.57 Å². The fourth-order valence-corrected chi connectivity index (χ4v) is 14.1. The van der Waals surface area contributed by atoms with Crippen LogP contribution in [0.4, 0.5) is 5.82 Å². The van der Waals surface area contributed by atoms with E-state index in [9.17, 15) is 9.59 Å². The number of fused-ring (bicyclic) bond motifs is 1. The smallest absolute Gasteiger partial charge is 0.408 e. The molecule has 2 fully saturated rings. The normalized spacial score (nSPS) is 19.2. The third-order valence-electron chi connectivity index (χ3n) is 16.2. The highest BCUT2D eigenvalue weighted by Gasteiger charge is 2.65. The van der Waals surface area contributed by atoms with Crippen LogP contribution in [0.15, 0.2) is 187 Å². The second-order valence-electron chi connectivity index (χ2n) is 23.3. The molecule has 15 nitrogen and oxygen atoms in total. The molecule has 1 aromatic heterocycles. The van der Waals surface area contributed by atoms with Gasteiger partial charge in [-0.1, -0.05) is 196 Å². The van der Waals surface area contributed by atoms with Gasteiger partial charge in [0.25, 0.3) is 0 Å². The molecule has 2 aliphatic heterocycles. The number of benzene rings is 6. The van der Waals surface area contributed by atoms with E-state index in [0.717, 1.165) is 83.7 Å². The maximum atomic E-state index is 15.3. The summed E-state index contributed by atoms with van der Waals surface area (Å²) in [7, 11) is 0.928. The molecule has 0 spiro atoms. The summed E-state index contributed by atoms with van der Waals surface area (Å²) in [6.07, 6.45) is 5.14. The molecule has 5 atom stereocenters. The van der Waals surface area contributed by atoms with Crippen molar-refractivity contribution in [3.63, 3.8) is 0 Å². The maximum absolute atomic E-state index is 15.3. The van der Waals surface area contributed by atoms with Crippen molar-refractivity contribution in [3.05, 3.63) is 226 Å². The molecule has 2 aliphatic rings. The number of anilines is 1. The monoisotopic (exact) mass is 1210 g/mol. The zero-order valence-corrected chi connectivity index (χ0v) is 52.7. The highest BCUT2D eigenvalue weighted by Crippen LogP contribution is 2.55. The van der Waals surface area contributed by atoms with E-state index in [2.05, 4.69) is 53.6 Å². The molecule has 0 saturated carbocycles. The van der Waals surface area contributed by atoms with Gasteiger partial charge in [-0.25, -0.2) is 14.0 Å². The second kappa shape index (κ2) is 28.2. The van der Waals surface area contributed by atoms with Crippen LogP contribution in [0.3, 0.4) is 0 Å². The molecule has 2 unspecified atom stereocenters. The standard InChI is InChI=1S/C69H83N4O11PS/c1-10-11-12-13-14-27-45-72(7)85(76,80-47-48-86-63(74)65(2,3)50-79-69(54-30-21-16-22-31-54,55-32-23-17-24-33-55)56-34-25-18-26-35-56)81-49-59-61-67(6,84-66(4,5)83-61)62(82-59)73-46-44-60(70-64(73)75)71-68(51-28-19-15-20-29-51,52-36-40-57(77-8)41-37-52)53-38-42-58(78-9)43-39-53/h15-26,28-44,46,59,61-62H,10-14,27,45,47-50H2,1-9H3,(H,70,71,75)/t59-,61?,62-,67+,85?/m1/s1. The van der Waals surface area contributed by atoms with Crippen molar-refractivity contribution in [2.45, 2.75) is 121 Å². The summed E-state index contributed by atoms with van der Waals surface area (Å²) in [5.74, 6) is 0.783. The molecule has 6 aromatic carbocycles. The van der Waals surface area contributed by atoms with Gasteiger partial charge in [0.15, 0.2) is 17.1 Å². The van der Waals surface area contributed by atoms with Crippen molar-refractivity contribution < 1.29 is 46.8 Å². The van der Waals surface area contributed by atoms with Crippen LogP contribution in [0.1, 0.15) is 120 Å². The van der Waals surface area contributed by atoms with Crippen molar-refractivity contribution >= 4 is 30.4 Å². The van der Waals surface area contributed by atoms with E-state index in [-0.39, 0.29) is 30.7 Å². The van der Waals surface area contributed by atoms with Crippen LogP contribution >= 0.6 is 19.5 Å². The number of methoxy groups -OCH3 is 2. The zero-order chi connectivity index (χ0) is 61.0. The highest BCUT2D eigenvalue weighted by atomic mass is 32.2. The lowest BCUT2D eigenvalue weighted by Crippen LogP contribution is -2.45. The minimum Gasteiger partial charge on any atom is -0.497 e. The summed E-state index contributed by atoms with van der Waals surface area (Å²) in [5, 5.41) is 3.58. The number of ether oxygens (including phenoxy) is 6. The molecular formula is C69H83N4O11PS. The Hall–Kier alpha value is -6.43. The Morgan fingerprint density at radius 1 is 0.698 bits per heavy atom. The summed E-state index contributed by atoms with van der Waals surface area (Å²) in [6, 6.07) is 57.5. The Morgan fingerprint density at radius 3 is 1.71 bits per heavy atom. The van der Waals surface area contributed by atoms with Crippen LogP contribution in [0.25, 0.3) is 0 Å². The first-order valence-electron chi connectivity index (χ1n) is 29.8. The summed E-state index contributed by atoms with van der Waals surface area (Å²) in [4.78, 5) is 33.6. The van der Waals surface area contributed by atoms with Gasteiger partial charge < -0.3 is 33.7 Å². The molecule has 3 heterocycles. The third kappa shape index (κ3) is 14.1.